The number of hydrogen-bond donors (Lipinski definition) is 0. The molecule has 12 heavy (non-hydrogen) atoms. The van der Waals surface area contributed by atoms with E-state index in [1.807, 2.05) is 0 Å². The third-order valence-corrected chi connectivity index (χ3v) is 2.72. The fourth-order valence-electron chi connectivity index (χ4n) is 0.968. The molecule has 2 nitrogen and oxygen atoms in total. The summed E-state index contributed by atoms with van der Waals surface area (Å²) in [6, 6.07) is 0. The zero-order valence-corrected chi connectivity index (χ0v) is 9.76. The van der Waals surface area contributed by atoms with Crippen LogP contribution in [0, 0.1) is 0 Å². The van der Waals surface area contributed by atoms with Crippen LogP contribution in [0.2, 0.25) is 0 Å². The van der Waals surface area contributed by atoms with E-state index < -0.39 is 0 Å². The summed E-state index contributed by atoms with van der Waals surface area (Å²) in [4.78, 5) is 0. The van der Waals surface area contributed by atoms with E-state index in [1.54, 1.807) is 7.11 Å². The van der Waals surface area contributed by atoms with Crippen LogP contribution in [-0.4, -0.2) is 31.8 Å². The molecule has 0 fully saturated rings. The van der Waals surface area contributed by atoms with E-state index in [9.17, 15) is 0 Å². The van der Waals surface area contributed by atoms with Crippen molar-refractivity contribution in [3.05, 3.63) is 0 Å². The van der Waals surface area contributed by atoms with Gasteiger partial charge in [0.15, 0.2) is 0 Å². The van der Waals surface area contributed by atoms with Gasteiger partial charge in [-0.3, -0.25) is 0 Å². The molecule has 0 radical (unpaired) electrons. The lowest BCUT2D eigenvalue weighted by Gasteiger charge is -2.21. The molecule has 0 N–H and O–H groups in total. The molecule has 0 saturated heterocycles. The van der Waals surface area contributed by atoms with Gasteiger partial charge in [-0.1, -0.05) is 8.58 Å². The molecule has 0 aromatic heterocycles. The van der Waals surface area contributed by atoms with Crippen LogP contribution >= 0.6 is 8.58 Å². The van der Waals surface area contributed by atoms with Gasteiger partial charge in [0.2, 0.25) is 0 Å². The van der Waals surface area contributed by atoms with Crippen molar-refractivity contribution in [3.63, 3.8) is 0 Å². The molecule has 0 aliphatic heterocycles. The van der Waals surface area contributed by atoms with Crippen LogP contribution in [0.5, 0.6) is 0 Å². The normalized spacial score (nSPS) is 17.5. The van der Waals surface area contributed by atoms with Gasteiger partial charge in [-0.25, -0.2) is 0 Å². The van der Waals surface area contributed by atoms with Gasteiger partial charge < -0.3 is 9.47 Å². The van der Waals surface area contributed by atoms with E-state index in [-0.39, 0.29) is 0 Å². The zero-order chi connectivity index (χ0) is 9.56. The summed E-state index contributed by atoms with van der Waals surface area (Å²) in [6.45, 7) is 8.40. The van der Waals surface area contributed by atoms with Gasteiger partial charge >= 0.3 is 0 Å². The van der Waals surface area contributed by atoms with Gasteiger partial charge in [-0.05, 0) is 27.4 Å². The van der Waals surface area contributed by atoms with E-state index >= 15 is 0 Å². The lowest BCUT2D eigenvalue weighted by atomic mass is 10.3. The Labute approximate surface area is 77.8 Å². The Morgan fingerprint density at radius 2 is 1.83 bits per heavy atom. The minimum absolute atomic E-state index is 0.307. The third kappa shape index (κ3) is 5.93. The Hall–Kier alpha value is 0.350. The van der Waals surface area contributed by atoms with Crippen molar-refractivity contribution >= 4 is 8.58 Å². The maximum absolute atomic E-state index is 5.70. The van der Waals surface area contributed by atoms with Gasteiger partial charge in [0.1, 0.15) is 0 Å². The fraction of sp³-hybridized carbons (Fsp3) is 1.00. The van der Waals surface area contributed by atoms with E-state index in [2.05, 4.69) is 27.4 Å². The Morgan fingerprint density at radius 3 is 2.17 bits per heavy atom. The number of hydrogen-bond acceptors (Lipinski definition) is 2. The quantitative estimate of drug-likeness (QED) is 0.602. The molecule has 0 aromatic carbocycles. The smallest absolute Gasteiger partial charge is 0.0762 e. The second-order valence-electron chi connectivity index (χ2n) is 3.24. The van der Waals surface area contributed by atoms with Crippen LogP contribution in [0.1, 0.15) is 27.2 Å². The first-order valence-electron chi connectivity index (χ1n) is 4.45. The second-order valence-corrected chi connectivity index (χ2v) is 4.47. The van der Waals surface area contributed by atoms with Crippen molar-refractivity contribution < 1.29 is 9.47 Å². The van der Waals surface area contributed by atoms with E-state index in [0.29, 0.717) is 18.1 Å². The molecule has 0 amide bonds. The summed E-state index contributed by atoms with van der Waals surface area (Å²) >= 11 is 0. The Morgan fingerprint density at radius 1 is 1.25 bits per heavy atom. The van der Waals surface area contributed by atoms with Gasteiger partial charge in [0.25, 0.3) is 0 Å². The second kappa shape index (κ2) is 6.82. The number of rotatable bonds is 6. The highest BCUT2D eigenvalue weighted by Crippen LogP contribution is 2.22. The van der Waals surface area contributed by atoms with E-state index in [4.69, 9.17) is 9.47 Å². The molecule has 0 saturated carbocycles. The molecule has 0 bridgehead atoms. The minimum Gasteiger partial charge on any atom is -0.382 e. The molecular formula is C9H21O2P. The van der Waals surface area contributed by atoms with Crippen molar-refractivity contribution in [1.82, 2.24) is 0 Å². The lowest BCUT2D eigenvalue weighted by Crippen LogP contribution is -2.19. The number of ether oxygens (including phenoxy) is 2. The fourth-order valence-corrected chi connectivity index (χ4v) is 1.94. The predicted octanol–water partition coefficient (Wildman–Crippen LogP) is 2.47. The van der Waals surface area contributed by atoms with Crippen LogP contribution in [-0.2, 0) is 9.47 Å². The maximum atomic E-state index is 5.70. The van der Waals surface area contributed by atoms with Gasteiger partial charge in [0.05, 0.1) is 18.1 Å². The van der Waals surface area contributed by atoms with Crippen LogP contribution in [0.25, 0.3) is 0 Å². The highest BCUT2D eigenvalue weighted by Gasteiger charge is 2.12. The predicted molar refractivity (Wildman–Crippen MR) is 55.3 cm³/mol. The average Bonchev–Trinajstić information content (AvgIpc) is 2.02. The molecule has 0 aliphatic carbocycles. The first-order chi connectivity index (χ1) is 5.60. The topological polar surface area (TPSA) is 18.5 Å². The van der Waals surface area contributed by atoms with Crippen LogP contribution in [0.3, 0.4) is 0 Å². The highest BCUT2D eigenvalue weighted by molar-refractivity contribution is 7.37. The first-order valence-corrected chi connectivity index (χ1v) is 6.03. The average molecular weight is 192 g/mol. The molecule has 3 heteroatoms. The van der Waals surface area contributed by atoms with Crippen molar-refractivity contribution in [3.8, 4) is 0 Å². The van der Waals surface area contributed by atoms with Crippen molar-refractivity contribution in [2.45, 2.75) is 45.2 Å². The van der Waals surface area contributed by atoms with Crippen LogP contribution in [0.15, 0.2) is 0 Å². The molecule has 0 aliphatic rings. The largest absolute Gasteiger partial charge is 0.382 e. The summed E-state index contributed by atoms with van der Waals surface area (Å²) in [7, 11) is 2.58. The zero-order valence-electron chi connectivity index (χ0n) is 8.76. The first kappa shape index (κ1) is 12.3. The molecule has 0 heterocycles. The molecule has 74 valence electrons. The maximum Gasteiger partial charge on any atom is 0.0762 e. The summed E-state index contributed by atoms with van der Waals surface area (Å²) in [5, 5.41) is 0. The molecule has 0 rings (SSSR count). The van der Waals surface area contributed by atoms with Gasteiger partial charge in [-0.2, -0.15) is 0 Å². The Bertz CT molecular complexity index is 107. The summed E-state index contributed by atoms with van der Waals surface area (Å²) in [5.41, 5.74) is 0. The van der Waals surface area contributed by atoms with Crippen LogP contribution < -0.4 is 0 Å². The standard InChI is InChI=1S/C9H21O2P/c1-7(2)11-9(12-5)6-8(3)10-4/h7-9,12H,6H2,1-5H3/t8?,9-/m0/s1. The third-order valence-electron chi connectivity index (χ3n) is 1.71. The molecule has 3 atom stereocenters. The van der Waals surface area contributed by atoms with Gasteiger partial charge in [-0.15, -0.1) is 0 Å². The van der Waals surface area contributed by atoms with Crippen molar-refractivity contribution in [2.24, 2.45) is 0 Å². The van der Waals surface area contributed by atoms with Gasteiger partial charge in [0, 0.05) is 13.5 Å². The monoisotopic (exact) mass is 192 g/mol. The van der Waals surface area contributed by atoms with E-state index in [1.165, 1.54) is 0 Å². The SMILES string of the molecule is COC(C)C[C@@H](OC(C)C)PC. The molecule has 0 aromatic rings. The lowest BCUT2D eigenvalue weighted by molar-refractivity contribution is 0.0168. The Kier molecular flexibility index (Phi) is 7.02. The summed E-state index contributed by atoms with van der Waals surface area (Å²) in [5.74, 6) is 0.375. The number of methoxy groups -OCH3 is 1. The van der Waals surface area contributed by atoms with E-state index in [0.717, 1.165) is 15.0 Å². The molecule has 2 unspecified atom stereocenters. The van der Waals surface area contributed by atoms with Crippen molar-refractivity contribution in [2.75, 3.05) is 13.8 Å². The minimum atomic E-state index is 0.307. The summed E-state index contributed by atoms with van der Waals surface area (Å²) in [6.07, 6.45) is 1.64. The van der Waals surface area contributed by atoms with Crippen LogP contribution in [0.4, 0.5) is 0 Å². The molecular weight excluding hydrogens is 171 g/mol. The molecule has 0 spiro atoms. The highest BCUT2D eigenvalue weighted by atomic mass is 31.1. The summed E-state index contributed by atoms with van der Waals surface area (Å²) < 4.78 is 10.9. The Balaban J connectivity index is 3.66. The van der Waals surface area contributed by atoms with Crippen molar-refractivity contribution in [1.29, 1.82) is 0 Å².